The molecule has 4 aliphatic rings. The van der Waals surface area contributed by atoms with Crippen molar-refractivity contribution in [3.8, 4) is 17.0 Å². The van der Waals surface area contributed by atoms with Crippen LogP contribution in [0.25, 0.3) is 11.1 Å². The van der Waals surface area contributed by atoms with Crippen LogP contribution < -0.4 is 4.74 Å². The van der Waals surface area contributed by atoms with Crippen molar-refractivity contribution in [1.82, 2.24) is 9.88 Å². The minimum absolute atomic E-state index is 0.00895. The van der Waals surface area contributed by atoms with Gasteiger partial charge in [-0.15, -0.1) is 11.3 Å². The number of hydrogen-bond acceptors (Lipinski definition) is 4. The topological polar surface area (TPSA) is 25.4 Å². The largest absolute Gasteiger partial charge is 0.469 e. The van der Waals surface area contributed by atoms with Crippen molar-refractivity contribution in [2.45, 2.75) is 31.8 Å². The maximum atomic E-state index is 6.42. The van der Waals surface area contributed by atoms with Gasteiger partial charge in [0.15, 0.2) is 0 Å². The van der Waals surface area contributed by atoms with Crippen molar-refractivity contribution < 1.29 is 4.74 Å². The summed E-state index contributed by atoms with van der Waals surface area (Å²) < 4.78 is 6.42. The average molecular weight is 312 g/mol. The molecule has 3 nitrogen and oxygen atoms in total. The second-order valence-corrected chi connectivity index (χ2v) is 8.14. The van der Waals surface area contributed by atoms with Crippen LogP contribution in [-0.4, -0.2) is 35.1 Å². The summed E-state index contributed by atoms with van der Waals surface area (Å²) in [5.74, 6) is 1.59. The lowest BCUT2D eigenvalue weighted by molar-refractivity contribution is -0.0814. The third-order valence-electron chi connectivity index (χ3n) is 5.60. The second-order valence-electron chi connectivity index (χ2n) is 7.03. The van der Waals surface area contributed by atoms with E-state index in [1.165, 1.54) is 47.5 Å². The fourth-order valence-corrected chi connectivity index (χ4v) is 5.17. The SMILES string of the molecule is Cc1cc(-c2cnc3c(c2)C[C@@]2(CN4CCC2CC4)O3)cs1. The molecule has 6 rings (SSSR count). The molecule has 3 fully saturated rings. The van der Waals surface area contributed by atoms with E-state index in [-0.39, 0.29) is 5.60 Å². The Bertz CT molecular complexity index is 732. The van der Waals surface area contributed by atoms with Crippen LogP contribution in [0, 0.1) is 12.8 Å². The number of fused-ring (bicyclic) bond motifs is 3. The molecule has 0 aromatic carbocycles. The molecule has 1 atom stereocenters. The molecule has 0 amide bonds. The molecule has 0 unspecified atom stereocenters. The van der Waals surface area contributed by atoms with E-state index in [2.05, 4.69) is 34.3 Å². The smallest absolute Gasteiger partial charge is 0.217 e. The van der Waals surface area contributed by atoms with E-state index in [0.29, 0.717) is 5.92 Å². The number of pyridine rings is 1. The Kier molecular flexibility index (Phi) is 2.71. The summed E-state index contributed by atoms with van der Waals surface area (Å²) in [4.78, 5) is 8.55. The molecule has 6 heterocycles. The Labute approximate surface area is 134 Å². The number of piperidine rings is 3. The van der Waals surface area contributed by atoms with Crippen LogP contribution in [0.4, 0.5) is 0 Å². The highest BCUT2D eigenvalue weighted by Crippen LogP contribution is 2.46. The van der Waals surface area contributed by atoms with E-state index < -0.39 is 0 Å². The Hall–Kier alpha value is -1.39. The van der Waals surface area contributed by atoms with Crippen LogP contribution in [0.5, 0.6) is 5.88 Å². The van der Waals surface area contributed by atoms with Gasteiger partial charge in [0.25, 0.3) is 0 Å². The predicted octanol–water partition coefficient (Wildman–Crippen LogP) is 3.52. The molecule has 2 aromatic rings. The molecule has 114 valence electrons. The number of aromatic nitrogens is 1. The lowest BCUT2D eigenvalue weighted by Crippen LogP contribution is -2.61. The van der Waals surface area contributed by atoms with E-state index >= 15 is 0 Å². The van der Waals surface area contributed by atoms with Gasteiger partial charge in [-0.25, -0.2) is 4.98 Å². The van der Waals surface area contributed by atoms with E-state index in [0.717, 1.165) is 18.8 Å². The van der Waals surface area contributed by atoms with Gasteiger partial charge >= 0.3 is 0 Å². The predicted molar refractivity (Wildman–Crippen MR) is 88.5 cm³/mol. The summed E-state index contributed by atoms with van der Waals surface area (Å²) in [6.45, 7) is 5.74. The zero-order valence-electron chi connectivity index (χ0n) is 12.8. The van der Waals surface area contributed by atoms with Crippen molar-refractivity contribution in [2.75, 3.05) is 19.6 Å². The summed E-state index contributed by atoms with van der Waals surface area (Å²) in [5, 5.41) is 2.22. The van der Waals surface area contributed by atoms with E-state index in [1.54, 1.807) is 11.3 Å². The third-order valence-corrected chi connectivity index (χ3v) is 6.46. The van der Waals surface area contributed by atoms with Crippen LogP contribution in [0.1, 0.15) is 23.3 Å². The van der Waals surface area contributed by atoms with E-state index in [1.807, 2.05) is 6.20 Å². The first kappa shape index (κ1) is 13.1. The number of rotatable bonds is 1. The van der Waals surface area contributed by atoms with E-state index in [4.69, 9.17) is 4.74 Å². The molecule has 4 heteroatoms. The summed E-state index contributed by atoms with van der Waals surface area (Å²) in [5.41, 5.74) is 3.82. The van der Waals surface area contributed by atoms with Gasteiger partial charge < -0.3 is 4.74 Å². The number of aryl methyl sites for hydroxylation is 1. The third kappa shape index (κ3) is 1.87. The molecule has 0 saturated carbocycles. The van der Waals surface area contributed by atoms with Crippen LogP contribution in [-0.2, 0) is 6.42 Å². The van der Waals surface area contributed by atoms with Gasteiger partial charge in [-0.05, 0) is 55.9 Å². The van der Waals surface area contributed by atoms with Gasteiger partial charge in [0.2, 0.25) is 5.88 Å². The maximum absolute atomic E-state index is 6.42. The van der Waals surface area contributed by atoms with Gasteiger partial charge in [-0.1, -0.05) is 0 Å². The Morgan fingerprint density at radius 1 is 1.27 bits per heavy atom. The van der Waals surface area contributed by atoms with Crippen LogP contribution in [0.2, 0.25) is 0 Å². The lowest BCUT2D eigenvalue weighted by Gasteiger charge is -2.50. The Morgan fingerprint density at radius 3 is 2.82 bits per heavy atom. The molecule has 0 aliphatic carbocycles. The van der Waals surface area contributed by atoms with Crippen molar-refractivity contribution in [3.63, 3.8) is 0 Å². The Balaban J connectivity index is 1.49. The number of hydrogen-bond donors (Lipinski definition) is 0. The quantitative estimate of drug-likeness (QED) is 0.805. The van der Waals surface area contributed by atoms with Crippen LogP contribution in [0.15, 0.2) is 23.7 Å². The van der Waals surface area contributed by atoms with Gasteiger partial charge in [0.05, 0.1) is 0 Å². The first-order chi connectivity index (χ1) is 10.7. The Morgan fingerprint density at radius 2 is 2.14 bits per heavy atom. The molecular formula is C18H20N2OS. The summed E-state index contributed by atoms with van der Waals surface area (Å²) in [6, 6.07) is 4.55. The fraction of sp³-hybridized carbons (Fsp3) is 0.500. The zero-order valence-corrected chi connectivity index (χ0v) is 13.7. The van der Waals surface area contributed by atoms with Crippen molar-refractivity contribution >= 4 is 11.3 Å². The van der Waals surface area contributed by atoms with Crippen molar-refractivity contribution in [2.24, 2.45) is 5.92 Å². The molecule has 2 bridgehead atoms. The summed E-state index contributed by atoms with van der Waals surface area (Å²) in [6.07, 6.45) is 5.57. The van der Waals surface area contributed by atoms with Gasteiger partial charge in [-0.2, -0.15) is 0 Å². The normalized spacial score (nSPS) is 32.2. The molecule has 3 saturated heterocycles. The highest BCUT2D eigenvalue weighted by molar-refractivity contribution is 7.10. The first-order valence-corrected chi connectivity index (χ1v) is 9.06. The van der Waals surface area contributed by atoms with Gasteiger partial charge in [-0.3, -0.25) is 4.90 Å². The zero-order chi connectivity index (χ0) is 14.7. The minimum atomic E-state index is 0.00895. The van der Waals surface area contributed by atoms with Crippen LogP contribution in [0.3, 0.4) is 0 Å². The molecule has 0 N–H and O–H groups in total. The van der Waals surface area contributed by atoms with E-state index in [9.17, 15) is 0 Å². The number of thiophene rings is 1. The second kappa shape index (κ2) is 4.56. The molecule has 0 radical (unpaired) electrons. The highest BCUT2D eigenvalue weighted by atomic mass is 32.1. The summed E-state index contributed by atoms with van der Waals surface area (Å²) in [7, 11) is 0. The summed E-state index contributed by atoms with van der Waals surface area (Å²) >= 11 is 1.80. The molecule has 22 heavy (non-hydrogen) atoms. The average Bonchev–Trinajstić information content (AvgIpc) is 3.11. The first-order valence-electron chi connectivity index (χ1n) is 8.18. The van der Waals surface area contributed by atoms with Gasteiger partial charge in [0.1, 0.15) is 5.60 Å². The number of nitrogens with zero attached hydrogens (tertiary/aromatic N) is 2. The van der Waals surface area contributed by atoms with Crippen molar-refractivity contribution in [3.05, 3.63) is 34.2 Å². The fourth-order valence-electron chi connectivity index (χ4n) is 4.46. The molecule has 1 spiro atoms. The van der Waals surface area contributed by atoms with Crippen molar-refractivity contribution in [1.29, 1.82) is 0 Å². The lowest BCUT2D eigenvalue weighted by atomic mass is 9.73. The standard InChI is InChI=1S/C18H20N2OS/c1-12-6-15(10-22-12)14-7-13-8-18(21-17(13)19-9-14)11-20-4-2-16(18)3-5-20/h6-7,9-10,16H,2-5,8,11H2,1H3/t18-/m0/s1. The van der Waals surface area contributed by atoms with Crippen LogP contribution >= 0.6 is 11.3 Å². The molecule has 2 aromatic heterocycles. The minimum Gasteiger partial charge on any atom is -0.469 e. The monoisotopic (exact) mass is 312 g/mol. The molecule has 4 aliphatic heterocycles. The highest BCUT2D eigenvalue weighted by Gasteiger charge is 2.52. The maximum Gasteiger partial charge on any atom is 0.217 e. The molecular weight excluding hydrogens is 292 g/mol. The van der Waals surface area contributed by atoms with Gasteiger partial charge in [0, 0.05) is 41.1 Å². The number of ether oxygens (including phenoxy) is 1.